The number of phosphoric acid groups is 1. The monoisotopic (exact) mass is 565 g/mol. The van der Waals surface area contributed by atoms with Crippen LogP contribution in [0.3, 0.4) is 0 Å². The first-order valence-corrected chi connectivity index (χ1v) is 13.0. The molecule has 2 aromatic heterocycles. The molecular formula is C25H29FN5O7P. The van der Waals surface area contributed by atoms with E-state index in [1.165, 1.54) is 25.1 Å². The summed E-state index contributed by atoms with van der Waals surface area (Å²) in [6.45, 7) is 7.11. The largest absolute Gasteiger partial charge is 0.494 e. The van der Waals surface area contributed by atoms with E-state index in [9.17, 15) is 18.6 Å². The molecule has 2 aromatic carbocycles. The van der Waals surface area contributed by atoms with E-state index in [4.69, 9.17) is 23.7 Å². The SMILES string of the molecule is [2H]c1nc(Nc2cc(C)c(F)c(OC([2H])([2H])[2H])c2)nc(Nc2ccc3oc(=O)n(COP(=O)(O)OC(C)(C)C)c3c2)c1C. The van der Waals surface area contributed by atoms with Crippen molar-refractivity contribution in [2.75, 3.05) is 17.7 Å². The number of nitrogens with one attached hydrogen (secondary N) is 2. The average molecular weight is 566 g/mol. The van der Waals surface area contributed by atoms with E-state index < -0.39 is 44.5 Å². The molecule has 3 N–H and O–H groups in total. The van der Waals surface area contributed by atoms with Crippen molar-refractivity contribution >= 4 is 42.1 Å². The number of ether oxygens (including phenoxy) is 1. The number of rotatable bonds is 9. The minimum atomic E-state index is -4.50. The Kier molecular flexibility index (Phi) is 6.39. The summed E-state index contributed by atoms with van der Waals surface area (Å²) >= 11 is 0. The van der Waals surface area contributed by atoms with Gasteiger partial charge in [-0.05, 0) is 64.4 Å². The molecule has 0 aliphatic carbocycles. The number of fused-ring (bicyclic) bond motifs is 1. The molecule has 12 nitrogen and oxygen atoms in total. The third kappa shape index (κ3) is 6.82. The Balaban J connectivity index is 1.61. The number of benzene rings is 2. The number of aromatic nitrogens is 3. The lowest BCUT2D eigenvalue weighted by atomic mass is 10.2. The average Bonchev–Trinajstić information content (AvgIpc) is 3.16. The summed E-state index contributed by atoms with van der Waals surface area (Å²) < 4.78 is 77.8. The van der Waals surface area contributed by atoms with Gasteiger partial charge < -0.3 is 24.7 Å². The highest BCUT2D eigenvalue weighted by Gasteiger charge is 2.29. The second-order valence-electron chi connectivity index (χ2n) is 9.50. The third-order valence-corrected chi connectivity index (χ3v) is 6.38. The summed E-state index contributed by atoms with van der Waals surface area (Å²) in [5.41, 5.74) is 0.506. The fraction of sp³-hybridized carbons (Fsp3) is 0.320. The minimum Gasteiger partial charge on any atom is -0.494 e. The first-order valence-electron chi connectivity index (χ1n) is 13.5. The van der Waals surface area contributed by atoms with Gasteiger partial charge in [-0.15, -0.1) is 0 Å². The molecule has 1 atom stereocenters. The van der Waals surface area contributed by atoms with Crippen LogP contribution < -0.4 is 21.1 Å². The Labute approximate surface area is 229 Å². The maximum atomic E-state index is 14.4. The summed E-state index contributed by atoms with van der Waals surface area (Å²) in [6, 6.07) is 7.12. The number of hydrogen-bond acceptors (Lipinski definition) is 10. The summed E-state index contributed by atoms with van der Waals surface area (Å²) in [4.78, 5) is 30.9. The van der Waals surface area contributed by atoms with E-state index in [0.717, 1.165) is 10.6 Å². The van der Waals surface area contributed by atoms with Crippen LogP contribution in [0.15, 0.2) is 45.7 Å². The zero-order valence-electron chi connectivity index (χ0n) is 25.7. The van der Waals surface area contributed by atoms with Gasteiger partial charge in [0.1, 0.15) is 12.5 Å². The zero-order chi connectivity index (χ0) is 31.9. The normalized spacial score (nSPS) is 15.2. The molecule has 2 heterocycles. The van der Waals surface area contributed by atoms with E-state index in [2.05, 4.69) is 20.6 Å². The first kappa shape index (κ1) is 23.1. The maximum absolute atomic E-state index is 14.4. The number of halogens is 1. The number of nitrogens with zero attached hydrogens (tertiary/aromatic N) is 3. The summed E-state index contributed by atoms with van der Waals surface area (Å²) in [5, 5.41) is 5.87. The van der Waals surface area contributed by atoms with Gasteiger partial charge in [-0.1, -0.05) is 0 Å². The number of phosphoric ester groups is 1. The lowest BCUT2D eigenvalue weighted by Gasteiger charge is -2.22. The number of anilines is 4. The lowest BCUT2D eigenvalue weighted by Crippen LogP contribution is -2.20. The number of methoxy groups -OCH3 is 1. The fourth-order valence-corrected chi connectivity index (χ4v) is 4.50. The number of aryl methyl sites for hydroxylation is 1. The van der Waals surface area contributed by atoms with Gasteiger partial charge in [-0.2, -0.15) is 4.98 Å². The van der Waals surface area contributed by atoms with Crippen LogP contribution in [0.2, 0.25) is 0 Å². The molecule has 0 aliphatic rings. The van der Waals surface area contributed by atoms with Crippen molar-refractivity contribution in [3.63, 3.8) is 0 Å². The van der Waals surface area contributed by atoms with Crippen LogP contribution >= 0.6 is 7.82 Å². The van der Waals surface area contributed by atoms with Crippen molar-refractivity contribution < 1.29 is 37.5 Å². The van der Waals surface area contributed by atoms with Crippen LogP contribution in [0.5, 0.6) is 5.75 Å². The van der Waals surface area contributed by atoms with Crippen molar-refractivity contribution in [1.82, 2.24) is 14.5 Å². The van der Waals surface area contributed by atoms with Gasteiger partial charge in [0.15, 0.2) is 17.1 Å². The van der Waals surface area contributed by atoms with Gasteiger partial charge >= 0.3 is 13.6 Å². The van der Waals surface area contributed by atoms with Crippen molar-refractivity contribution in [3.05, 3.63) is 64.0 Å². The standard InChI is InChI=1S/C25H29FN5O7P/c1-14-9-17(11-20(35-6)21(14)26)29-23-27-12-15(2)22(30-23)28-16-7-8-19-18(10-16)31(24(32)37-19)13-36-39(33,34)38-25(3,4)5/h7-12H,13H2,1-6H3,(H,33,34)(H2,27,28,29,30)/i6D3,12D. The topological polar surface area (TPSA) is 150 Å². The van der Waals surface area contributed by atoms with Crippen molar-refractivity contribution in [3.8, 4) is 5.75 Å². The molecule has 1 unspecified atom stereocenters. The van der Waals surface area contributed by atoms with Gasteiger partial charge in [0, 0.05) is 29.2 Å². The molecule has 39 heavy (non-hydrogen) atoms. The molecule has 0 bridgehead atoms. The van der Waals surface area contributed by atoms with Crippen molar-refractivity contribution in [1.29, 1.82) is 0 Å². The second-order valence-corrected chi connectivity index (χ2v) is 10.9. The van der Waals surface area contributed by atoms with Gasteiger partial charge in [0.25, 0.3) is 0 Å². The molecule has 14 heteroatoms. The highest BCUT2D eigenvalue weighted by molar-refractivity contribution is 7.47. The maximum Gasteiger partial charge on any atom is 0.474 e. The molecule has 0 fully saturated rings. The molecule has 4 rings (SSSR count). The predicted octanol–water partition coefficient (Wildman–Crippen LogP) is 5.53. The molecule has 4 aromatic rings. The van der Waals surface area contributed by atoms with E-state index >= 15 is 0 Å². The molecule has 0 saturated carbocycles. The fourth-order valence-electron chi connectivity index (χ4n) is 3.50. The highest BCUT2D eigenvalue weighted by Crippen LogP contribution is 2.47. The smallest absolute Gasteiger partial charge is 0.474 e. The van der Waals surface area contributed by atoms with Crippen LogP contribution in [0.25, 0.3) is 11.1 Å². The van der Waals surface area contributed by atoms with E-state index in [1.807, 2.05) is 0 Å². The molecule has 0 spiro atoms. The second kappa shape index (κ2) is 10.8. The first-order chi connectivity index (χ1) is 19.8. The van der Waals surface area contributed by atoms with E-state index in [0.29, 0.717) is 11.3 Å². The van der Waals surface area contributed by atoms with E-state index in [1.54, 1.807) is 33.8 Å². The third-order valence-electron chi connectivity index (χ3n) is 5.16. The van der Waals surface area contributed by atoms with Gasteiger partial charge in [0.05, 0.1) is 23.6 Å². The molecule has 0 saturated heterocycles. The minimum absolute atomic E-state index is 0.0591. The van der Waals surface area contributed by atoms with Crippen LogP contribution in [0.1, 0.15) is 37.4 Å². The highest BCUT2D eigenvalue weighted by atomic mass is 31.2. The number of hydrogen-bond donors (Lipinski definition) is 3. The predicted molar refractivity (Wildman–Crippen MR) is 143 cm³/mol. The molecule has 0 aliphatic heterocycles. The summed E-state index contributed by atoms with van der Waals surface area (Å²) in [5.74, 6) is -2.03. The van der Waals surface area contributed by atoms with Gasteiger partial charge in [0.2, 0.25) is 5.95 Å². The van der Waals surface area contributed by atoms with Crippen LogP contribution in [-0.2, 0) is 20.3 Å². The van der Waals surface area contributed by atoms with Gasteiger partial charge in [-0.25, -0.2) is 23.3 Å². The Hall–Kier alpha value is -3.77. The van der Waals surface area contributed by atoms with Crippen LogP contribution in [0, 0.1) is 19.7 Å². The number of oxazole rings is 1. The Bertz CT molecular complexity index is 1790. The van der Waals surface area contributed by atoms with E-state index in [-0.39, 0.29) is 40.3 Å². The van der Waals surface area contributed by atoms with Crippen LogP contribution in [-0.4, -0.2) is 32.1 Å². The summed E-state index contributed by atoms with van der Waals surface area (Å²) in [7, 11) is -7.38. The molecular weight excluding hydrogens is 532 g/mol. The van der Waals surface area contributed by atoms with Crippen LogP contribution in [0.4, 0.5) is 27.5 Å². The Morgan fingerprint density at radius 1 is 1.21 bits per heavy atom. The quantitative estimate of drug-likeness (QED) is 0.220. The van der Waals surface area contributed by atoms with Crippen molar-refractivity contribution in [2.24, 2.45) is 0 Å². The Morgan fingerprint density at radius 2 is 1.97 bits per heavy atom. The summed E-state index contributed by atoms with van der Waals surface area (Å²) in [6.07, 6.45) is -0.148. The van der Waals surface area contributed by atoms with Crippen molar-refractivity contribution in [2.45, 2.75) is 47.0 Å². The Morgan fingerprint density at radius 3 is 2.69 bits per heavy atom. The molecule has 0 radical (unpaired) electrons. The molecule has 208 valence electrons. The molecule has 0 amide bonds. The van der Waals surface area contributed by atoms with Gasteiger partial charge in [-0.3, -0.25) is 9.05 Å². The zero-order valence-corrected chi connectivity index (χ0v) is 22.6. The lowest BCUT2D eigenvalue weighted by molar-refractivity contribution is 0.0482.